The van der Waals surface area contributed by atoms with Gasteiger partial charge >= 0.3 is 5.97 Å². The van der Waals surface area contributed by atoms with E-state index in [-0.39, 0.29) is 6.42 Å². The van der Waals surface area contributed by atoms with Crippen LogP contribution in [0, 0.1) is 0 Å². The van der Waals surface area contributed by atoms with E-state index in [1.807, 2.05) is 0 Å². The Morgan fingerprint density at radius 3 is 2.11 bits per heavy atom. The van der Waals surface area contributed by atoms with Gasteiger partial charge in [-0.25, -0.2) is 9.18 Å². The summed E-state index contributed by atoms with van der Waals surface area (Å²) >= 11 is 0. The molecule has 0 aromatic carbocycles. The third-order valence-corrected chi connectivity index (χ3v) is 0.736. The predicted molar refractivity (Wildman–Crippen MR) is 27.2 cm³/mol. The Morgan fingerprint density at radius 2 is 2.00 bits per heavy atom. The summed E-state index contributed by atoms with van der Waals surface area (Å²) in [5.74, 6) is -4.77. The van der Waals surface area contributed by atoms with Crippen molar-refractivity contribution >= 4 is 5.97 Å². The third-order valence-electron chi connectivity index (χ3n) is 0.736. The third kappa shape index (κ3) is 2.21. The Kier molecular flexibility index (Phi) is 2.84. The van der Waals surface area contributed by atoms with Crippen LogP contribution < -0.4 is 0 Å². The largest absolute Gasteiger partial charge is 0.476 e. The van der Waals surface area contributed by atoms with Crippen LogP contribution in [0.15, 0.2) is 11.7 Å². The van der Waals surface area contributed by atoms with Crippen LogP contribution >= 0.6 is 0 Å². The van der Waals surface area contributed by atoms with E-state index in [9.17, 15) is 13.6 Å². The molecule has 0 aliphatic rings. The Balaban J connectivity index is 4.28. The van der Waals surface area contributed by atoms with Gasteiger partial charge in [0.1, 0.15) is 5.83 Å². The molecule has 52 valence electrons. The molecule has 0 amide bonds. The molecular formula is C5H6F2O2. The van der Waals surface area contributed by atoms with Crippen LogP contribution in [-0.4, -0.2) is 11.1 Å². The molecule has 9 heavy (non-hydrogen) atoms. The van der Waals surface area contributed by atoms with E-state index in [0.29, 0.717) is 0 Å². The van der Waals surface area contributed by atoms with E-state index in [2.05, 4.69) is 0 Å². The lowest BCUT2D eigenvalue weighted by Crippen LogP contribution is -1.96. The highest BCUT2D eigenvalue weighted by molar-refractivity contribution is 5.84. The fourth-order valence-corrected chi connectivity index (χ4v) is 0.271. The minimum absolute atomic E-state index is 0.224. The first-order valence-corrected chi connectivity index (χ1v) is 2.37. The molecule has 0 saturated carbocycles. The Morgan fingerprint density at radius 1 is 1.56 bits per heavy atom. The lowest BCUT2D eigenvalue weighted by molar-refractivity contribution is -0.134. The van der Waals surface area contributed by atoms with E-state index < -0.39 is 17.6 Å². The molecule has 2 nitrogen and oxygen atoms in total. The zero-order valence-electron chi connectivity index (χ0n) is 4.82. The molecule has 4 heteroatoms. The molecule has 0 aromatic rings. The molecule has 0 saturated heterocycles. The van der Waals surface area contributed by atoms with Crippen molar-refractivity contribution in [2.75, 3.05) is 0 Å². The number of hydrogen-bond donors (Lipinski definition) is 1. The van der Waals surface area contributed by atoms with E-state index in [1.54, 1.807) is 0 Å². The molecule has 0 heterocycles. The number of aliphatic carboxylic acids is 1. The van der Waals surface area contributed by atoms with Crippen molar-refractivity contribution < 1.29 is 18.7 Å². The second kappa shape index (κ2) is 3.17. The van der Waals surface area contributed by atoms with Crippen molar-refractivity contribution in [1.29, 1.82) is 0 Å². The van der Waals surface area contributed by atoms with Gasteiger partial charge < -0.3 is 5.11 Å². The number of allylic oxidation sites excluding steroid dienone is 1. The summed E-state index contributed by atoms with van der Waals surface area (Å²) in [7, 11) is 0. The molecule has 0 aliphatic heterocycles. The molecule has 0 rings (SSSR count). The lowest BCUT2D eigenvalue weighted by atomic mass is 10.4. The van der Waals surface area contributed by atoms with Gasteiger partial charge in [0.2, 0.25) is 5.83 Å². The number of hydrogen-bond acceptors (Lipinski definition) is 1. The molecular weight excluding hydrogens is 130 g/mol. The highest BCUT2D eigenvalue weighted by Crippen LogP contribution is 2.10. The fourth-order valence-electron chi connectivity index (χ4n) is 0.271. The summed E-state index contributed by atoms with van der Waals surface area (Å²) in [6, 6.07) is 0. The van der Waals surface area contributed by atoms with Gasteiger partial charge in [-0.2, -0.15) is 4.39 Å². The van der Waals surface area contributed by atoms with Crippen molar-refractivity contribution in [3.8, 4) is 0 Å². The smallest absolute Gasteiger partial charge is 0.367 e. The normalized spacial score (nSPS) is 12.8. The summed E-state index contributed by atoms with van der Waals surface area (Å²) < 4.78 is 23.7. The highest BCUT2D eigenvalue weighted by atomic mass is 19.2. The van der Waals surface area contributed by atoms with Gasteiger partial charge in [-0.15, -0.1) is 0 Å². The molecule has 1 N–H and O–H groups in total. The molecule has 0 spiro atoms. The van der Waals surface area contributed by atoms with E-state index in [0.717, 1.165) is 0 Å². The monoisotopic (exact) mass is 136 g/mol. The predicted octanol–water partition coefficient (Wildman–Crippen LogP) is 1.63. The maximum atomic E-state index is 11.9. The summed E-state index contributed by atoms with van der Waals surface area (Å²) in [5.41, 5.74) is 0. The minimum Gasteiger partial charge on any atom is -0.476 e. The fraction of sp³-hybridized carbons (Fsp3) is 0.400. The van der Waals surface area contributed by atoms with Crippen LogP contribution in [0.1, 0.15) is 13.3 Å². The molecule has 0 fully saturated rings. The van der Waals surface area contributed by atoms with Crippen LogP contribution in [0.3, 0.4) is 0 Å². The number of carboxylic acids is 1. The van der Waals surface area contributed by atoms with Gasteiger partial charge in [0, 0.05) is 0 Å². The quantitative estimate of drug-likeness (QED) is 0.586. The Hall–Kier alpha value is -0.930. The van der Waals surface area contributed by atoms with Crippen molar-refractivity contribution in [3.63, 3.8) is 0 Å². The first-order valence-electron chi connectivity index (χ1n) is 2.37. The highest BCUT2D eigenvalue weighted by Gasteiger charge is 2.11. The van der Waals surface area contributed by atoms with Gasteiger partial charge in [-0.05, 0) is 6.42 Å². The van der Waals surface area contributed by atoms with Crippen molar-refractivity contribution in [3.05, 3.63) is 11.7 Å². The second-order valence-electron chi connectivity index (χ2n) is 1.38. The molecule has 0 atom stereocenters. The maximum Gasteiger partial charge on any atom is 0.367 e. The summed E-state index contributed by atoms with van der Waals surface area (Å²) in [5, 5.41) is 7.81. The summed E-state index contributed by atoms with van der Waals surface area (Å²) in [4.78, 5) is 9.63. The van der Waals surface area contributed by atoms with E-state index in [4.69, 9.17) is 5.11 Å². The van der Waals surface area contributed by atoms with Crippen LogP contribution in [0.25, 0.3) is 0 Å². The molecule has 0 bridgehead atoms. The van der Waals surface area contributed by atoms with Crippen LogP contribution in [-0.2, 0) is 4.79 Å². The van der Waals surface area contributed by atoms with E-state index >= 15 is 0 Å². The topological polar surface area (TPSA) is 37.3 Å². The SMILES string of the molecule is CC/C(F)=C(\F)C(=O)O. The van der Waals surface area contributed by atoms with Gasteiger partial charge in [0.25, 0.3) is 0 Å². The zero-order valence-corrected chi connectivity index (χ0v) is 4.82. The average molecular weight is 136 g/mol. The van der Waals surface area contributed by atoms with E-state index in [1.165, 1.54) is 6.92 Å². The molecule has 0 aliphatic carbocycles. The second-order valence-corrected chi connectivity index (χ2v) is 1.38. The molecule has 0 unspecified atom stereocenters. The number of rotatable bonds is 2. The average Bonchev–Trinajstić information content (AvgIpc) is 1.84. The van der Waals surface area contributed by atoms with Gasteiger partial charge in [-0.3, -0.25) is 0 Å². The Bertz CT molecular complexity index is 151. The lowest BCUT2D eigenvalue weighted by Gasteiger charge is -1.89. The van der Waals surface area contributed by atoms with Crippen molar-refractivity contribution in [2.24, 2.45) is 0 Å². The van der Waals surface area contributed by atoms with Crippen molar-refractivity contribution in [1.82, 2.24) is 0 Å². The molecule has 0 aromatic heterocycles. The van der Waals surface area contributed by atoms with Gasteiger partial charge in [0.05, 0.1) is 0 Å². The Labute approximate surface area is 50.8 Å². The van der Waals surface area contributed by atoms with Crippen molar-refractivity contribution in [2.45, 2.75) is 13.3 Å². The zero-order chi connectivity index (χ0) is 7.44. The molecule has 0 radical (unpaired) electrons. The van der Waals surface area contributed by atoms with Crippen LogP contribution in [0.5, 0.6) is 0 Å². The number of carbonyl (C=O) groups is 1. The standard InChI is InChI=1S/C5H6F2O2/c1-2-3(6)4(7)5(8)9/h2H2,1H3,(H,8,9)/b4-3+. The van der Waals surface area contributed by atoms with Gasteiger partial charge in [-0.1, -0.05) is 6.92 Å². The van der Waals surface area contributed by atoms with Gasteiger partial charge in [0.15, 0.2) is 0 Å². The number of halogens is 2. The first kappa shape index (κ1) is 8.07. The number of carboxylic acid groups (broad SMARTS) is 1. The summed E-state index contributed by atoms with van der Waals surface area (Å²) in [6.45, 7) is 1.33. The minimum atomic E-state index is -1.85. The van der Waals surface area contributed by atoms with Crippen LogP contribution in [0.4, 0.5) is 8.78 Å². The first-order chi connectivity index (χ1) is 4.09. The summed E-state index contributed by atoms with van der Waals surface area (Å²) in [6.07, 6.45) is -0.224. The van der Waals surface area contributed by atoms with Crippen LogP contribution in [0.2, 0.25) is 0 Å². The maximum absolute atomic E-state index is 11.9.